The van der Waals surface area contributed by atoms with Crippen LogP contribution in [0.25, 0.3) is 0 Å². The zero-order valence-electron chi connectivity index (χ0n) is 15.2. The first kappa shape index (κ1) is 20.2. The minimum atomic E-state index is -2.94. The van der Waals surface area contributed by atoms with E-state index in [9.17, 15) is 18.4 Å². The molecule has 0 aromatic heterocycles. The molecule has 0 spiro atoms. The third-order valence-electron chi connectivity index (χ3n) is 3.96. The molecule has 0 saturated carbocycles. The fraction of sp³-hybridized carbons (Fsp3) is 0.263. The van der Waals surface area contributed by atoms with Gasteiger partial charge in [-0.25, -0.2) is 0 Å². The molecule has 0 fully saturated rings. The summed E-state index contributed by atoms with van der Waals surface area (Å²) in [5, 5.41) is 0. The van der Waals surface area contributed by atoms with E-state index in [1.54, 1.807) is 20.8 Å². The maximum atomic E-state index is 13.2. The number of ether oxygens (including phenoxy) is 1. The van der Waals surface area contributed by atoms with E-state index in [1.165, 1.54) is 41.3 Å². The predicted octanol–water partition coefficient (Wildman–Crippen LogP) is 3.33. The lowest BCUT2D eigenvalue weighted by Crippen LogP contribution is -2.39. The van der Waals surface area contributed by atoms with Crippen molar-refractivity contribution in [3.63, 3.8) is 0 Å². The van der Waals surface area contributed by atoms with Crippen LogP contribution in [0.2, 0.25) is 0 Å². The Hall–Kier alpha value is -3.16. The van der Waals surface area contributed by atoms with Crippen LogP contribution in [-0.4, -0.2) is 24.5 Å². The Balaban J connectivity index is 2.54. The lowest BCUT2D eigenvalue weighted by molar-refractivity contribution is -0.0498. The summed E-state index contributed by atoms with van der Waals surface area (Å²) in [6.07, 6.45) is 0. The van der Waals surface area contributed by atoms with Crippen LogP contribution >= 0.6 is 0 Å². The number of halogens is 2. The summed E-state index contributed by atoms with van der Waals surface area (Å²) in [4.78, 5) is 26.4. The smallest absolute Gasteiger partial charge is 0.387 e. The minimum absolute atomic E-state index is 0.00556. The summed E-state index contributed by atoms with van der Waals surface area (Å²) in [7, 11) is 0. The van der Waals surface area contributed by atoms with Gasteiger partial charge < -0.3 is 21.1 Å². The summed E-state index contributed by atoms with van der Waals surface area (Å²) in [6, 6.07) is 8.43. The van der Waals surface area contributed by atoms with Crippen LogP contribution in [0.4, 0.5) is 20.2 Å². The summed E-state index contributed by atoms with van der Waals surface area (Å²) in [5.74, 6) is -1.30. The topological polar surface area (TPSA) is 98.7 Å². The minimum Gasteiger partial charge on any atom is -0.435 e. The first-order valence-electron chi connectivity index (χ1n) is 8.20. The molecule has 2 aromatic rings. The number of nitrogen functional groups attached to an aromatic ring is 1. The van der Waals surface area contributed by atoms with Crippen LogP contribution in [0.1, 0.15) is 40.1 Å². The van der Waals surface area contributed by atoms with Gasteiger partial charge in [0.05, 0.1) is 11.1 Å². The van der Waals surface area contributed by atoms with Crippen LogP contribution in [0.15, 0.2) is 36.4 Å². The fourth-order valence-electron chi connectivity index (χ4n) is 2.83. The molecule has 2 aromatic carbocycles. The van der Waals surface area contributed by atoms with Crippen molar-refractivity contribution in [2.24, 2.45) is 5.73 Å². The maximum absolute atomic E-state index is 13.2. The van der Waals surface area contributed by atoms with Crippen molar-refractivity contribution in [3.05, 3.63) is 53.1 Å². The molecule has 0 heterocycles. The first-order chi connectivity index (χ1) is 12.6. The van der Waals surface area contributed by atoms with Crippen LogP contribution in [0.3, 0.4) is 0 Å². The number of hydrogen-bond donors (Lipinski definition) is 2. The van der Waals surface area contributed by atoms with Crippen molar-refractivity contribution in [3.8, 4) is 5.75 Å². The van der Waals surface area contributed by atoms with Crippen LogP contribution in [-0.2, 0) is 0 Å². The van der Waals surface area contributed by atoms with Gasteiger partial charge in [-0.05, 0) is 56.7 Å². The van der Waals surface area contributed by atoms with Crippen molar-refractivity contribution in [1.82, 2.24) is 0 Å². The first-order valence-corrected chi connectivity index (χ1v) is 8.20. The van der Waals surface area contributed by atoms with E-state index in [4.69, 9.17) is 11.5 Å². The normalized spacial score (nSPS) is 10.9. The van der Waals surface area contributed by atoms with Gasteiger partial charge in [0.1, 0.15) is 5.75 Å². The van der Waals surface area contributed by atoms with Gasteiger partial charge in [-0.3, -0.25) is 9.59 Å². The average molecular weight is 377 g/mol. The number of benzene rings is 2. The molecule has 0 atom stereocenters. The van der Waals surface area contributed by atoms with Gasteiger partial charge in [0.15, 0.2) is 0 Å². The number of alkyl halides is 2. The van der Waals surface area contributed by atoms with Crippen molar-refractivity contribution < 1.29 is 23.1 Å². The summed E-state index contributed by atoms with van der Waals surface area (Å²) in [5.41, 5.74) is 12.5. The monoisotopic (exact) mass is 377 g/mol. The summed E-state index contributed by atoms with van der Waals surface area (Å²) < 4.78 is 29.2. The Bertz CT molecular complexity index is 869. The van der Waals surface area contributed by atoms with Crippen LogP contribution in [0.5, 0.6) is 5.75 Å². The van der Waals surface area contributed by atoms with Gasteiger partial charge in [0.2, 0.25) is 5.91 Å². The molecule has 144 valence electrons. The third kappa shape index (κ3) is 4.33. The molecule has 2 rings (SSSR count). The highest BCUT2D eigenvalue weighted by Crippen LogP contribution is 2.30. The van der Waals surface area contributed by atoms with E-state index in [-0.39, 0.29) is 28.6 Å². The third-order valence-corrected chi connectivity index (χ3v) is 3.96. The summed E-state index contributed by atoms with van der Waals surface area (Å²) in [6.45, 7) is 2.29. The molecule has 0 unspecified atom stereocenters. The van der Waals surface area contributed by atoms with Crippen LogP contribution in [0, 0.1) is 6.92 Å². The van der Waals surface area contributed by atoms with E-state index in [0.29, 0.717) is 11.3 Å². The maximum Gasteiger partial charge on any atom is 0.387 e. The molecule has 8 heteroatoms. The number of carbonyl (C=O) groups is 2. The second-order valence-corrected chi connectivity index (χ2v) is 6.23. The average Bonchev–Trinajstić information content (AvgIpc) is 2.55. The number of nitrogens with zero attached hydrogens (tertiary/aromatic N) is 1. The molecule has 27 heavy (non-hydrogen) atoms. The number of primary amides is 1. The van der Waals surface area contributed by atoms with Crippen molar-refractivity contribution in [1.29, 1.82) is 0 Å². The van der Waals surface area contributed by atoms with Gasteiger partial charge in [0.25, 0.3) is 5.91 Å². The van der Waals surface area contributed by atoms with Crippen molar-refractivity contribution in [2.75, 3.05) is 10.6 Å². The second-order valence-electron chi connectivity index (χ2n) is 6.23. The molecule has 0 aliphatic carbocycles. The lowest BCUT2D eigenvalue weighted by atomic mass is 10.0. The van der Waals surface area contributed by atoms with Gasteiger partial charge in [-0.2, -0.15) is 8.78 Å². The second kappa shape index (κ2) is 8.03. The molecule has 0 bridgehead atoms. The van der Waals surface area contributed by atoms with Gasteiger partial charge in [-0.15, -0.1) is 0 Å². The molecule has 0 aliphatic rings. The zero-order valence-corrected chi connectivity index (χ0v) is 15.2. The largest absolute Gasteiger partial charge is 0.435 e. The molecule has 0 saturated heterocycles. The molecule has 2 amide bonds. The number of anilines is 2. The molecular formula is C19H21F2N3O3. The highest BCUT2D eigenvalue weighted by atomic mass is 19.3. The van der Waals surface area contributed by atoms with E-state index >= 15 is 0 Å². The molecule has 0 radical (unpaired) electrons. The number of hydrogen-bond acceptors (Lipinski definition) is 4. The lowest BCUT2D eigenvalue weighted by Gasteiger charge is -2.29. The van der Waals surface area contributed by atoms with E-state index in [2.05, 4.69) is 4.74 Å². The van der Waals surface area contributed by atoms with Crippen molar-refractivity contribution >= 4 is 23.2 Å². The standard InChI is InChI=1S/C19H21F2N3O3/c1-10(2)24(15-8-7-12(9-11(15)3)27-19(20)21)18(26)16-13(17(23)25)5-4-6-14(16)22/h4-10,19H,22H2,1-3H3,(H2,23,25). The van der Waals surface area contributed by atoms with E-state index in [1.807, 2.05) is 0 Å². The quantitative estimate of drug-likeness (QED) is 0.754. The highest BCUT2D eigenvalue weighted by molar-refractivity contribution is 6.16. The van der Waals surface area contributed by atoms with E-state index in [0.717, 1.165) is 0 Å². The molecule has 4 N–H and O–H groups in total. The van der Waals surface area contributed by atoms with Gasteiger partial charge in [0, 0.05) is 17.4 Å². The number of amides is 2. The predicted molar refractivity (Wildman–Crippen MR) is 99.1 cm³/mol. The van der Waals surface area contributed by atoms with Gasteiger partial charge >= 0.3 is 6.61 Å². The number of nitrogens with two attached hydrogens (primary N) is 2. The molecule has 6 nitrogen and oxygen atoms in total. The van der Waals surface area contributed by atoms with Crippen LogP contribution < -0.4 is 21.1 Å². The highest BCUT2D eigenvalue weighted by Gasteiger charge is 2.27. The SMILES string of the molecule is Cc1cc(OC(F)F)ccc1N(C(=O)c1c(N)cccc1C(N)=O)C(C)C. The number of carbonyl (C=O) groups excluding carboxylic acids is 2. The van der Waals surface area contributed by atoms with Crippen molar-refractivity contribution in [2.45, 2.75) is 33.4 Å². The summed E-state index contributed by atoms with van der Waals surface area (Å²) >= 11 is 0. The fourth-order valence-corrected chi connectivity index (χ4v) is 2.83. The Labute approximate surface area is 155 Å². The Kier molecular flexibility index (Phi) is 5.99. The Morgan fingerprint density at radius 1 is 1.15 bits per heavy atom. The zero-order chi connectivity index (χ0) is 20.3. The Morgan fingerprint density at radius 2 is 1.81 bits per heavy atom. The van der Waals surface area contributed by atoms with E-state index < -0.39 is 18.4 Å². The number of rotatable bonds is 6. The molecule has 0 aliphatic heterocycles. The molecular weight excluding hydrogens is 356 g/mol. The Morgan fingerprint density at radius 3 is 2.33 bits per heavy atom. The number of aryl methyl sites for hydroxylation is 1. The van der Waals surface area contributed by atoms with Gasteiger partial charge in [-0.1, -0.05) is 6.07 Å².